The lowest BCUT2D eigenvalue weighted by Gasteiger charge is -2.06. The Labute approximate surface area is 133 Å². The summed E-state index contributed by atoms with van der Waals surface area (Å²) in [5.41, 5.74) is 4.46. The molecule has 0 bridgehead atoms. The zero-order valence-corrected chi connectivity index (χ0v) is 13.9. The SMILES string of the molecule is COc1ccc(C(=O)N/N=C/CC(C)CCC=C(C)C)cc1. The first kappa shape index (κ1) is 18.0. The van der Waals surface area contributed by atoms with Crippen molar-refractivity contribution < 1.29 is 9.53 Å². The van der Waals surface area contributed by atoms with E-state index in [9.17, 15) is 4.79 Å². The van der Waals surface area contributed by atoms with Gasteiger partial charge in [-0.05, 0) is 63.3 Å². The van der Waals surface area contributed by atoms with Crippen molar-refractivity contribution >= 4 is 12.1 Å². The van der Waals surface area contributed by atoms with Crippen LogP contribution in [0.5, 0.6) is 5.75 Å². The van der Waals surface area contributed by atoms with Crippen LogP contribution in [0, 0.1) is 5.92 Å². The van der Waals surface area contributed by atoms with Gasteiger partial charge in [-0.2, -0.15) is 5.10 Å². The third-order valence-electron chi connectivity index (χ3n) is 3.33. The lowest BCUT2D eigenvalue weighted by molar-refractivity contribution is 0.0955. The summed E-state index contributed by atoms with van der Waals surface area (Å²) in [6.45, 7) is 6.41. The number of carbonyl (C=O) groups excluding carboxylic acids is 1. The highest BCUT2D eigenvalue weighted by molar-refractivity contribution is 5.94. The molecule has 1 aromatic carbocycles. The highest BCUT2D eigenvalue weighted by atomic mass is 16.5. The Morgan fingerprint density at radius 2 is 2.00 bits per heavy atom. The number of nitrogens with zero attached hydrogens (tertiary/aromatic N) is 1. The van der Waals surface area contributed by atoms with Gasteiger partial charge in [-0.1, -0.05) is 18.6 Å². The maximum absolute atomic E-state index is 11.9. The molecule has 1 N–H and O–H groups in total. The van der Waals surface area contributed by atoms with E-state index >= 15 is 0 Å². The number of nitrogens with one attached hydrogen (secondary N) is 1. The van der Waals surface area contributed by atoms with Crippen LogP contribution in [-0.2, 0) is 0 Å². The Kier molecular flexibility index (Phi) is 7.97. The number of ether oxygens (including phenoxy) is 1. The molecule has 0 heterocycles. The number of benzene rings is 1. The second kappa shape index (κ2) is 9.77. The minimum atomic E-state index is -0.212. The first-order valence-electron chi connectivity index (χ1n) is 7.62. The summed E-state index contributed by atoms with van der Waals surface area (Å²) in [5.74, 6) is 1.07. The van der Waals surface area contributed by atoms with Gasteiger partial charge < -0.3 is 4.74 Å². The average molecular weight is 302 g/mol. The van der Waals surface area contributed by atoms with Gasteiger partial charge in [0.2, 0.25) is 0 Å². The van der Waals surface area contributed by atoms with Gasteiger partial charge in [0.05, 0.1) is 7.11 Å². The Morgan fingerprint density at radius 3 is 2.59 bits per heavy atom. The van der Waals surface area contributed by atoms with E-state index < -0.39 is 0 Å². The number of carbonyl (C=O) groups is 1. The molecule has 4 nitrogen and oxygen atoms in total. The fourth-order valence-electron chi connectivity index (χ4n) is 1.92. The third-order valence-corrected chi connectivity index (χ3v) is 3.33. The Bertz CT molecular complexity index is 514. The molecular weight excluding hydrogens is 276 g/mol. The van der Waals surface area contributed by atoms with Crippen LogP contribution in [0.15, 0.2) is 41.0 Å². The Morgan fingerprint density at radius 1 is 1.32 bits per heavy atom. The van der Waals surface area contributed by atoms with E-state index in [4.69, 9.17) is 4.74 Å². The van der Waals surface area contributed by atoms with Crippen molar-refractivity contribution in [2.24, 2.45) is 11.0 Å². The van der Waals surface area contributed by atoms with Crippen molar-refractivity contribution in [2.45, 2.75) is 40.0 Å². The number of amides is 1. The molecule has 0 radical (unpaired) electrons. The van der Waals surface area contributed by atoms with Crippen LogP contribution in [0.25, 0.3) is 0 Å². The molecule has 0 saturated heterocycles. The number of hydrogen-bond donors (Lipinski definition) is 1. The number of allylic oxidation sites excluding steroid dienone is 2. The summed E-state index contributed by atoms with van der Waals surface area (Å²) in [7, 11) is 1.60. The summed E-state index contributed by atoms with van der Waals surface area (Å²) in [6, 6.07) is 6.94. The molecule has 0 saturated carbocycles. The van der Waals surface area contributed by atoms with E-state index in [0.29, 0.717) is 11.5 Å². The predicted octanol–water partition coefficient (Wildman–Crippen LogP) is 4.18. The van der Waals surface area contributed by atoms with E-state index in [1.165, 1.54) is 5.57 Å². The van der Waals surface area contributed by atoms with Crippen LogP contribution in [0.2, 0.25) is 0 Å². The fourth-order valence-corrected chi connectivity index (χ4v) is 1.92. The summed E-state index contributed by atoms with van der Waals surface area (Å²) in [4.78, 5) is 11.9. The molecule has 120 valence electrons. The normalized spacial score (nSPS) is 12.0. The smallest absolute Gasteiger partial charge is 0.271 e. The summed E-state index contributed by atoms with van der Waals surface area (Å²) >= 11 is 0. The van der Waals surface area contributed by atoms with Gasteiger partial charge in [-0.25, -0.2) is 5.43 Å². The van der Waals surface area contributed by atoms with Gasteiger partial charge in [-0.15, -0.1) is 0 Å². The van der Waals surface area contributed by atoms with Crippen molar-refractivity contribution in [2.75, 3.05) is 7.11 Å². The second-order valence-corrected chi connectivity index (χ2v) is 5.68. The van der Waals surface area contributed by atoms with E-state index in [2.05, 4.69) is 37.4 Å². The number of methoxy groups -OCH3 is 1. The monoisotopic (exact) mass is 302 g/mol. The van der Waals surface area contributed by atoms with Crippen molar-refractivity contribution in [3.8, 4) is 5.75 Å². The molecule has 0 aliphatic rings. The van der Waals surface area contributed by atoms with Gasteiger partial charge in [0.25, 0.3) is 5.91 Å². The van der Waals surface area contributed by atoms with Crippen molar-refractivity contribution in [1.29, 1.82) is 0 Å². The van der Waals surface area contributed by atoms with Gasteiger partial charge in [0, 0.05) is 11.8 Å². The third kappa shape index (κ3) is 7.07. The summed E-state index contributed by atoms with van der Waals surface area (Å²) < 4.78 is 5.06. The number of rotatable bonds is 8. The largest absolute Gasteiger partial charge is 0.497 e. The van der Waals surface area contributed by atoms with Crippen LogP contribution in [-0.4, -0.2) is 19.2 Å². The van der Waals surface area contributed by atoms with E-state index in [1.54, 1.807) is 37.6 Å². The lowest BCUT2D eigenvalue weighted by atomic mass is 10.0. The molecule has 1 amide bonds. The topological polar surface area (TPSA) is 50.7 Å². The van der Waals surface area contributed by atoms with Gasteiger partial charge in [0.15, 0.2) is 0 Å². The van der Waals surface area contributed by atoms with E-state index in [1.807, 2.05) is 0 Å². The van der Waals surface area contributed by atoms with Crippen LogP contribution in [0.3, 0.4) is 0 Å². The molecule has 0 aromatic heterocycles. The van der Waals surface area contributed by atoms with Gasteiger partial charge in [0.1, 0.15) is 5.75 Å². The maximum Gasteiger partial charge on any atom is 0.271 e. The lowest BCUT2D eigenvalue weighted by Crippen LogP contribution is -2.17. The van der Waals surface area contributed by atoms with Crippen molar-refractivity contribution in [3.63, 3.8) is 0 Å². The molecule has 1 rings (SSSR count). The molecular formula is C18H26N2O2. The molecule has 0 fully saturated rings. The molecule has 0 aliphatic heterocycles. The molecule has 0 spiro atoms. The summed E-state index contributed by atoms with van der Waals surface area (Å²) in [5, 5.41) is 4.00. The molecule has 4 heteroatoms. The fraction of sp³-hybridized carbons (Fsp3) is 0.444. The number of hydrogen-bond acceptors (Lipinski definition) is 3. The Hall–Kier alpha value is -2.10. The average Bonchev–Trinajstić information content (AvgIpc) is 2.51. The second-order valence-electron chi connectivity index (χ2n) is 5.68. The first-order valence-corrected chi connectivity index (χ1v) is 7.62. The van der Waals surface area contributed by atoms with Crippen molar-refractivity contribution in [3.05, 3.63) is 41.5 Å². The zero-order valence-electron chi connectivity index (χ0n) is 13.9. The highest BCUT2D eigenvalue weighted by Gasteiger charge is 2.04. The van der Waals surface area contributed by atoms with Crippen LogP contribution >= 0.6 is 0 Å². The number of hydrazone groups is 1. The minimum absolute atomic E-state index is 0.212. The van der Waals surface area contributed by atoms with Crippen LogP contribution in [0.1, 0.15) is 50.4 Å². The minimum Gasteiger partial charge on any atom is -0.497 e. The van der Waals surface area contributed by atoms with Crippen LogP contribution < -0.4 is 10.2 Å². The van der Waals surface area contributed by atoms with Gasteiger partial charge in [-0.3, -0.25) is 4.79 Å². The molecule has 1 aromatic rings. The molecule has 1 atom stereocenters. The van der Waals surface area contributed by atoms with E-state index in [0.717, 1.165) is 25.0 Å². The maximum atomic E-state index is 11.9. The first-order chi connectivity index (χ1) is 10.5. The van der Waals surface area contributed by atoms with Gasteiger partial charge >= 0.3 is 0 Å². The summed E-state index contributed by atoms with van der Waals surface area (Å²) in [6.07, 6.45) is 7.10. The van der Waals surface area contributed by atoms with Crippen molar-refractivity contribution in [1.82, 2.24) is 5.43 Å². The molecule has 0 aliphatic carbocycles. The Balaban J connectivity index is 2.32. The zero-order chi connectivity index (χ0) is 16.4. The van der Waals surface area contributed by atoms with Crippen LogP contribution in [0.4, 0.5) is 0 Å². The highest BCUT2D eigenvalue weighted by Crippen LogP contribution is 2.11. The molecule has 1 unspecified atom stereocenters. The standard InChI is InChI=1S/C18H26N2O2/c1-14(2)6-5-7-15(3)12-13-19-20-18(21)16-8-10-17(22-4)11-9-16/h6,8-11,13,15H,5,7,12H2,1-4H3,(H,20,21)/b19-13+. The predicted molar refractivity (Wildman–Crippen MR) is 91.4 cm³/mol. The van der Waals surface area contributed by atoms with E-state index in [-0.39, 0.29) is 5.91 Å². The quantitative estimate of drug-likeness (QED) is 0.445. The molecule has 22 heavy (non-hydrogen) atoms.